The fourth-order valence-corrected chi connectivity index (χ4v) is 2.05. The molecule has 2 rings (SSSR count). The molecule has 0 fully saturated rings. The largest absolute Gasteiger partial charge is 0.353 e. The van der Waals surface area contributed by atoms with Crippen LogP contribution in [0, 0.1) is 6.92 Å². The van der Waals surface area contributed by atoms with Crippen LogP contribution >= 0.6 is 23.2 Å². The summed E-state index contributed by atoms with van der Waals surface area (Å²) in [5.74, 6) is 0. The number of rotatable bonds is 3. The normalized spacial score (nSPS) is 10.4. The first-order valence-electron chi connectivity index (χ1n) is 5.65. The van der Waals surface area contributed by atoms with E-state index in [1.54, 1.807) is 6.07 Å². The average molecular weight is 282 g/mol. The van der Waals surface area contributed by atoms with Crippen LogP contribution in [0.15, 0.2) is 24.3 Å². The minimum Gasteiger partial charge on any atom is -0.353 e. The van der Waals surface area contributed by atoms with Gasteiger partial charge >= 0.3 is 0 Å². The van der Waals surface area contributed by atoms with Gasteiger partial charge < -0.3 is 5.32 Å². The van der Waals surface area contributed by atoms with E-state index in [1.165, 1.54) is 11.1 Å². The maximum absolute atomic E-state index is 5.95. The standard InChI is InChI=1S/C13H13Cl2N3/c1-3-9-4-5-10(6-8(9)2)16-11-7-12(14)17-18-13(11)15/h4-7H,3H2,1-2H3,(H,16,17). The van der Waals surface area contributed by atoms with Crippen LogP contribution < -0.4 is 5.32 Å². The lowest BCUT2D eigenvalue weighted by atomic mass is 10.1. The van der Waals surface area contributed by atoms with E-state index >= 15 is 0 Å². The number of aryl methyl sites for hydroxylation is 2. The zero-order valence-corrected chi connectivity index (χ0v) is 11.7. The maximum Gasteiger partial charge on any atom is 0.175 e. The molecule has 3 nitrogen and oxygen atoms in total. The van der Waals surface area contributed by atoms with Crippen LogP contribution in [-0.4, -0.2) is 10.2 Å². The fraction of sp³-hybridized carbons (Fsp3) is 0.231. The second-order valence-corrected chi connectivity index (χ2v) is 4.74. The zero-order chi connectivity index (χ0) is 13.1. The molecule has 1 aromatic heterocycles. The van der Waals surface area contributed by atoms with Crippen molar-refractivity contribution in [3.63, 3.8) is 0 Å². The van der Waals surface area contributed by atoms with Gasteiger partial charge in [-0.3, -0.25) is 0 Å². The SMILES string of the molecule is CCc1ccc(Nc2cc(Cl)nnc2Cl)cc1C. The lowest BCUT2D eigenvalue weighted by Crippen LogP contribution is -1.96. The Kier molecular flexibility index (Phi) is 4.04. The Morgan fingerprint density at radius 2 is 1.94 bits per heavy atom. The molecule has 0 spiro atoms. The molecule has 0 aliphatic heterocycles. The topological polar surface area (TPSA) is 37.8 Å². The van der Waals surface area contributed by atoms with Gasteiger partial charge in [-0.1, -0.05) is 36.2 Å². The number of halogens is 2. The fourth-order valence-electron chi connectivity index (χ4n) is 1.77. The molecule has 0 bridgehead atoms. The van der Waals surface area contributed by atoms with Gasteiger partial charge in [0.05, 0.1) is 5.69 Å². The van der Waals surface area contributed by atoms with Gasteiger partial charge in [0.25, 0.3) is 0 Å². The number of benzene rings is 1. The van der Waals surface area contributed by atoms with Gasteiger partial charge in [-0.2, -0.15) is 0 Å². The zero-order valence-electron chi connectivity index (χ0n) is 10.2. The summed E-state index contributed by atoms with van der Waals surface area (Å²) >= 11 is 11.7. The lowest BCUT2D eigenvalue weighted by Gasteiger charge is -2.10. The Labute approximate surface area is 116 Å². The minimum atomic E-state index is 0.302. The van der Waals surface area contributed by atoms with Crippen molar-refractivity contribution in [1.82, 2.24) is 10.2 Å². The van der Waals surface area contributed by atoms with Gasteiger partial charge in [-0.15, -0.1) is 10.2 Å². The van der Waals surface area contributed by atoms with Crippen molar-refractivity contribution in [2.45, 2.75) is 20.3 Å². The van der Waals surface area contributed by atoms with Crippen molar-refractivity contribution in [2.24, 2.45) is 0 Å². The molecule has 0 saturated carbocycles. The van der Waals surface area contributed by atoms with Gasteiger partial charge in [0, 0.05) is 11.8 Å². The first-order chi connectivity index (χ1) is 8.60. The third-order valence-corrected chi connectivity index (χ3v) is 3.19. The highest BCUT2D eigenvalue weighted by molar-refractivity contribution is 6.33. The summed E-state index contributed by atoms with van der Waals surface area (Å²) in [6, 6.07) is 7.84. The van der Waals surface area contributed by atoms with Crippen LogP contribution in [0.1, 0.15) is 18.1 Å². The first-order valence-corrected chi connectivity index (χ1v) is 6.41. The van der Waals surface area contributed by atoms with E-state index in [2.05, 4.69) is 41.5 Å². The number of aromatic nitrogens is 2. The highest BCUT2D eigenvalue weighted by Crippen LogP contribution is 2.26. The van der Waals surface area contributed by atoms with Gasteiger partial charge in [-0.25, -0.2) is 0 Å². The molecule has 1 N–H and O–H groups in total. The summed E-state index contributed by atoms with van der Waals surface area (Å²) in [6.45, 7) is 4.22. The molecule has 18 heavy (non-hydrogen) atoms. The summed E-state index contributed by atoms with van der Waals surface area (Å²) in [5.41, 5.74) is 4.18. The smallest absolute Gasteiger partial charge is 0.175 e. The molecular weight excluding hydrogens is 269 g/mol. The molecule has 0 aliphatic rings. The van der Waals surface area contributed by atoms with Crippen LogP contribution in [-0.2, 0) is 6.42 Å². The summed E-state index contributed by atoms with van der Waals surface area (Å²) in [4.78, 5) is 0. The van der Waals surface area contributed by atoms with E-state index in [0.29, 0.717) is 16.0 Å². The van der Waals surface area contributed by atoms with Gasteiger partial charge in [0.1, 0.15) is 0 Å². The van der Waals surface area contributed by atoms with E-state index in [-0.39, 0.29) is 0 Å². The van der Waals surface area contributed by atoms with E-state index in [0.717, 1.165) is 12.1 Å². The lowest BCUT2D eigenvalue weighted by molar-refractivity contribution is 1.03. The second kappa shape index (κ2) is 5.55. The van der Waals surface area contributed by atoms with E-state index in [4.69, 9.17) is 23.2 Å². The molecule has 94 valence electrons. The summed E-state index contributed by atoms with van der Waals surface area (Å²) in [6.07, 6.45) is 1.02. The molecule has 1 aromatic carbocycles. The summed E-state index contributed by atoms with van der Waals surface area (Å²) in [7, 11) is 0. The highest BCUT2D eigenvalue weighted by Gasteiger charge is 2.05. The molecule has 0 aliphatic carbocycles. The molecule has 0 amide bonds. The average Bonchev–Trinajstić information content (AvgIpc) is 2.34. The van der Waals surface area contributed by atoms with E-state index < -0.39 is 0 Å². The number of nitrogens with zero attached hydrogens (tertiary/aromatic N) is 2. The molecule has 0 saturated heterocycles. The maximum atomic E-state index is 5.95. The van der Waals surface area contributed by atoms with Crippen molar-refractivity contribution in [1.29, 1.82) is 0 Å². The van der Waals surface area contributed by atoms with Crippen molar-refractivity contribution in [3.05, 3.63) is 45.7 Å². The molecule has 1 heterocycles. The number of hydrogen-bond acceptors (Lipinski definition) is 3. The highest BCUT2D eigenvalue weighted by atomic mass is 35.5. The van der Waals surface area contributed by atoms with Crippen LogP contribution in [0.2, 0.25) is 10.3 Å². The van der Waals surface area contributed by atoms with Crippen molar-refractivity contribution < 1.29 is 0 Å². The van der Waals surface area contributed by atoms with Gasteiger partial charge in [0.2, 0.25) is 0 Å². The Hall–Kier alpha value is -1.32. The third kappa shape index (κ3) is 2.92. The predicted molar refractivity (Wildman–Crippen MR) is 75.9 cm³/mol. The first kappa shape index (κ1) is 13.1. The molecule has 0 radical (unpaired) electrons. The molecule has 0 unspecified atom stereocenters. The van der Waals surface area contributed by atoms with Crippen LogP contribution in [0.3, 0.4) is 0 Å². The summed E-state index contributed by atoms with van der Waals surface area (Å²) in [5, 5.41) is 11.2. The number of hydrogen-bond donors (Lipinski definition) is 1. The van der Waals surface area contributed by atoms with E-state index in [9.17, 15) is 0 Å². The Morgan fingerprint density at radius 1 is 1.17 bits per heavy atom. The Morgan fingerprint density at radius 3 is 2.61 bits per heavy atom. The van der Waals surface area contributed by atoms with E-state index in [1.807, 2.05) is 6.07 Å². The Balaban J connectivity index is 2.28. The quantitative estimate of drug-likeness (QED) is 0.906. The van der Waals surface area contributed by atoms with Gasteiger partial charge in [0.15, 0.2) is 10.3 Å². The third-order valence-electron chi connectivity index (χ3n) is 2.72. The predicted octanol–water partition coefficient (Wildman–Crippen LogP) is 4.40. The Bertz CT molecular complexity index is 570. The summed E-state index contributed by atoms with van der Waals surface area (Å²) < 4.78 is 0. The molecule has 5 heteroatoms. The van der Waals surface area contributed by atoms with Crippen LogP contribution in [0.4, 0.5) is 11.4 Å². The van der Waals surface area contributed by atoms with Crippen LogP contribution in [0.5, 0.6) is 0 Å². The van der Waals surface area contributed by atoms with Crippen molar-refractivity contribution in [3.8, 4) is 0 Å². The van der Waals surface area contributed by atoms with Crippen molar-refractivity contribution in [2.75, 3.05) is 5.32 Å². The molecule has 2 aromatic rings. The van der Waals surface area contributed by atoms with Gasteiger partial charge in [-0.05, 0) is 36.6 Å². The molecular formula is C13H13Cl2N3. The minimum absolute atomic E-state index is 0.302. The van der Waals surface area contributed by atoms with Crippen LogP contribution in [0.25, 0.3) is 0 Å². The molecule has 0 atom stereocenters. The second-order valence-electron chi connectivity index (χ2n) is 3.99. The number of nitrogens with one attached hydrogen (secondary N) is 1. The monoisotopic (exact) mass is 281 g/mol. The van der Waals surface area contributed by atoms with Crippen molar-refractivity contribution >= 4 is 34.6 Å². The number of anilines is 2.